The molecule has 3 aromatic rings. The minimum Gasteiger partial charge on any atom is -0.493 e. The number of methoxy groups -OCH3 is 1. The van der Waals surface area contributed by atoms with Gasteiger partial charge in [-0.1, -0.05) is 11.2 Å². The third-order valence-electron chi connectivity index (χ3n) is 4.58. The van der Waals surface area contributed by atoms with Gasteiger partial charge >= 0.3 is 6.61 Å². The first-order valence-electron chi connectivity index (χ1n) is 8.97. The van der Waals surface area contributed by atoms with Gasteiger partial charge in [0.15, 0.2) is 17.3 Å². The molecule has 148 valence electrons. The Balaban J connectivity index is 1.47. The summed E-state index contributed by atoms with van der Waals surface area (Å²) in [4.78, 5) is 2.28. The molecule has 1 aromatic carbocycles. The molecule has 0 aliphatic heterocycles. The molecule has 0 saturated heterocycles. The number of hydrogen-bond donors (Lipinski definition) is 0. The van der Waals surface area contributed by atoms with Crippen molar-refractivity contribution in [2.45, 2.75) is 38.6 Å². The van der Waals surface area contributed by atoms with Crippen molar-refractivity contribution in [3.05, 3.63) is 53.9 Å². The second kappa shape index (κ2) is 8.02. The topological polar surface area (TPSA) is 60.9 Å². The van der Waals surface area contributed by atoms with Gasteiger partial charge in [-0.2, -0.15) is 8.78 Å². The summed E-state index contributed by atoms with van der Waals surface area (Å²) in [6, 6.07) is 11.0. The lowest BCUT2D eigenvalue weighted by Crippen LogP contribution is -2.25. The van der Waals surface area contributed by atoms with Gasteiger partial charge in [0.05, 0.1) is 19.1 Å². The van der Waals surface area contributed by atoms with Gasteiger partial charge in [0, 0.05) is 25.2 Å². The van der Waals surface area contributed by atoms with E-state index >= 15 is 0 Å². The first-order chi connectivity index (χ1) is 13.6. The van der Waals surface area contributed by atoms with Gasteiger partial charge in [-0.05, 0) is 42.7 Å². The quantitative estimate of drug-likeness (QED) is 0.527. The fourth-order valence-electron chi connectivity index (χ4n) is 3.12. The van der Waals surface area contributed by atoms with E-state index in [0.717, 1.165) is 24.1 Å². The number of ether oxygens (including phenoxy) is 2. The molecule has 2 heterocycles. The van der Waals surface area contributed by atoms with E-state index in [2.05, 4.69) is 14.8 Å². The van der Waals surface area contributed by atoms with Crippen molar-refractivity contribution in [3.8, 4) is 23.0 Å². The Morgan fingerprint density at radius 2 is 2.00 bits per heavy atom. The number of rotatable bonds is 9. The van der Waals surface area contributed by atoms with Gasteiger partial charge in [-0.3, -0.25) is 4.90 Å². The molecule has 1 fully saturated rings. The second-order valence-corrected chi connectivity index (χ2v) is 6.66. The van der Waals surface area contributed by atoms with Crippen LogP contribution in [0.5, 0.6) is 11.5 Å². The van der Waals surface area contributed by atoms with Crippen LogP contribution in [0.3, 0.4) is 0 Å². The smallest absolute Gasteiger partial charge is 0.387 e. The lowest BCUT2D eigenvalue weighted by Gasteiger charge is -2.21. The highest BCUT2D eigenvalue weighted by Crippen LogP contribution is 2.33. The van der Waals surface area contributed by atoms with Gasteiger partial charge in [-0.15, -0.1) is 0 Å². The SMILES string of the molecule is COc1cc(CN(Cc2cc(-c3ccco3)on2)C2CC2)ccc1OC(F)F. The maximum Gasteiger partial charge on any atom is 0.387 e. The maximum atomic E-state index is 12.5. The van der Waals surface area contributed by atoms with Gasteiger partial charge in [0.2, 0.25) is 5.76 Å². The number of hydrogen-bond acceptors (Lipinski definition) is 6. The normalized spacial score (nSPS) is 14.0. The van der Waals surface area contributed by atoms with Crippen LogP contribution in [0.15, 0.2) is 51.6 Å². The molecule has 2 aromatic heterocycles. The summed E-state index contributed by atoms with van der Waals surface area (Å²) in [5.41, 5.74) is 1.75. The summed E-state index contributed by atoms with van der Waals surface area (Å²) < 4.78 is 45.4. The highest BCUT2D eigenvalue weighted by Gasteiger charge is 2.30. The predicted octanol–water partition coefficient (Wildman–Crippen LogP) is 4.71. The second-order valence-electron chi connectivity index (χ2n) is 6.66. The average molecular weight is 390 g/mol. The predicted molar refractivity (Wildman–Crippen MR) is 96.1 cm³/mol. The fourth-order valence-corrected chi connectivity index (χ4v) is 3.12. The number of benzene rings is 1. The molecule has 0 spiro atoms. The van der Waals surface area contributed by atoms with Crippen molar-refractivity contribution in [2.75, 3.05) is 7.11 Å². The molecule has 0 amide bonds. The maximum absolute atomic E-state index is 12.5. The first kappa shape index (κ1) is 18.5. The molecule has 1 aliphatic rings. The number of furan rings is 1. The Morgan fingerprint density at radius 3 is 2.68 bits per heavy atom. The van der Waals surface area contributed by atoms with E-state index in [9.17, 15) is 8.78 Å². The molecule has 8 heteroatoms. The Kier molecular flexibility index (Phi) is 5.29. The molecule has 0 atom stereocenters. The van der Waals surface area contributed by atoms with E-state index in [1.165, 1.54) is 13.2 Å². The van der Waals surface area contributed by atoms with Crippen LogP contribution in [0.4, 0.5) is 8.78 Å². The van der Waals surface area contributed by atoms with Crippen molar-refractivity contribution in [1.82, 2.24) is 10.1 Å². The van der Waals surface area contributed by atoms with Crippen LogP contribution in [0.2, 0.25) is 0 Å². The number of nitrogens with zero attached hydrogens (tertiary/aromatic N) is 2. The van der Waals surface area contributed by atoms with Crippen molar-refractivity contribution in [2.24, 2.45) is 0 Å². The zero-order valence-corrected chi connectivity index (χ0v) is 15.3. The molecule has 0 radical (unpaired) electrons. The van der Waals surface area contributed by atoms with E-state index < -0.39 is 6.61 Å². The molecular weight excluding hydrogens is 370 g/mol. The standard InChI is InChI=1S/C20H20F2N2O4/c1-25-18-9-13(4-7-17(18)27-20(21)22)11-24(15-5-6-15)12-14-10-19(28-23-14)16-3-2-8-26-16/h2-4,7-10,15,20H,5-6,11-12H2,1H3. The van der Waals surface area contributed by atoms with Crippen molar-refractivity contribution in [3.63, 3.8) is 0 Å². The molecule has 0 bridgehead atoms. The summed E-state index contributed by atoms with van der Waals surface area (Å²) in [6.45, 7) is -1.64. The van der Waals surface area contributed by atoms with Crippen molar-refractivity contribution in [1.29, 1.82) is 0 Å². The van der Waals surface area contributed by atoms with Gasteiger partial charge < -0.3 is 18.4 Å². The molecule has 1 aliphatic carbocycles. The Labute approximate surface area is 160 Å². The van der Waals surface area contributed by atoms with Crippen molar-refractivity contribution >= 4 is 0 Å². The van der Waals surface area contributed by atoms with E-state index in [4.69, 9.17) is 13.7 Å². The highest BCUT2D eigenvalue weighted by atomic mass is 19.3. The molecule has 0 N–H and O–H groups in total. The molecule has 0 unspecified atom stereocenters. The third-order valence-corrected chi connectivity index (χ3v) is 4.58. The molecule has 4 rings (SSSR count). The molecule has 28 heavy (non-hydrogen) atoms. The van der Waals surface area contributed by atoms with E-state index in [1.54, 1.807) is 24.5 Å². The Hall–Kier alpha value is -2.87. The third kappa shape index (κ3) is 4.33. The minimum absolute atomic E-state index is 0.0267. The first-order valence-corrected chi connectivity index (χ1v) is 8.97. The summed E-state index contributed by atoms with van der Waals surface area (Å²) in [7, 11) is 1.43. The molecule has 6 nitrogen and oxygen atoms in total. The average Bonchev–Trinajstić information content (AvgIpc) is 3.18. The Bertz CT molecular complexity index is 907. The van der Waals surface area contributed by atoms with Crippen LogP contribution in [-0.2, 0) is 13.1 Å². The van der Waals surface area contributed by atoms with Gasteiger partial charge in [0.1, 0.15) is 0 Å². The monoisotopic (exact) mass is 390 g/mol. The molecule has 1 saturated carbocycles. The van der Waals surface area contributed by atoms with Gasteiger partial charge in [0.25, 0.3) is 0 Å². The largest absolute Gasteiger partial charge is 0.493 e. The van der Waals surface area contributed by atoms with E-state index in [0.29, 0.717) is 30.7 Å². The van der Waals surface area contributed by atoms with Crippen LogP contribution < -0.4 is 9.47 Å². The van der Waals surface area contributed by atoms with Crippen LogP contribution in [-0.4, -0.2) is 29.8 Å². The number of aromatic nitrogens is 1. The lowest BCUT2D eigenvalue weighted by atomic mass is 10.1. The van der Waals surface area contributed by atoms with Crippen LogP contribution >= 0.6 is 0 Å². The summed E-state index contributed by atoms with van der Waals surface area (Å²) in [5.74, 6) is 1.54. The van der Waals surface area contributed by atoms with Crippen LogP contribution in [0.25, 0.3) is 11.5 Å². The summed E-state index contributed by atoms with van der Waals surface area (Å²) in [5, 5.41) is 4.14. The fraction of sp³-hybridized carbons (Fsp3) is 0.350. The van der Waals surface area contributed by atoms with Crippen LogP contribution in [0, 0.1) is 0 Å². The van der Waals surface area contributed by atoms with Gasteiger partial charge in [-0.25, -0.2) is 0 Å². The van der Waals surface area contributed by atoms with E-state index in [-0.39, 0.29) is 11.5 Å². The lowest BCUT2D eigenvalue weighted by molar-refractivity contribution is -0.0512. The zero-order valence-electron chi connectivity index (χ0n) is 15.3. The molecular formula is C20H20F2N2O4. The minimum atomic E-state index is -2.89. The number of alkyl halides is 2. The summed E-state index contributed by atoms with van der Waals surface area (Å²) >= 11 is 0. The Morgan fingerprint density at radius 1 is 1.14 bits per heavy atom. The zero-order chi connectivity index (χ0) is 19.5. The number of halogens is 2. The highest BCUT2D eigenvalue weighted by molar-refractivity contribution is 5.49. The van der Waals surface area contributed by atoms with Crippen molar-refractivity contribution < 1.29 is 27.2 Å². The summed E-state index contributed by atoms with van der Waals surface area (Å²) in [6.07, 6.45) is 3.82. The van der Waals surface area contributed by atoms with E-state index in [1.807, 2.05) is 12.1 Å². The van der Waals surface area contributed by atoms with Crippen LogP contribution in [0.1, 0.15) is 24.1 Å².